The molecule has 1 amide bonds. The SMILES string of the molecule is CC1(C)CN(C(=O)c2cccc(S(=O)(=O)NCC3CC3)c2)CCC1N.Cl. The summed E-state index contributed by atoms with van der Waals surface area (Å²) >= 11 is 0. The third-order valence-electron chi connectivity index (χ3n) is 5.25. The summed E-state index contributed by atoms with van der Waals surface area (Å²) in [6.45, 7) is 5.75. The van der Waals surface area contributed by atoms with Crippen molar-refractivity contribution in [3.8, 4) is 0 Å². The summed E-state index contributed by atoms with van der Waals surface area (Å²) in [7, 11) is -3.57. The van der Waals surface area contributed by atoms with Crippen molar-refractivity contribution in [3.63, 3.8) is 0 Å². The molecule has 1 saturated carbocycles. The van der Waals surface area contributed by atoms with Gasteiger partial charge in [0, 0.05) is 31.2 Å². The minimum Gasteiger partial charge on any atom is -0.338 e. The normalized spacial score (nSPS) is 22.6. The van der Waals surface area contributed by atoms with Crippen molar-refractivity contribution < 1.29 is 13.2 Å². The van der Waals surface area contributed by atoms with Crippen molar-refractivity contribution in [1.29, 1.82) is 0 Å². The number of hydrogen-bond donors (Lipinski definition) is 2. The van der Waals surface area contributed by atoms with Crippen LogP contribution >= 0.6 is 12.4 Å². The van der Waals surface area contributed by atoms with Gasteiger partial charge in [-0.1, -0.05) is 19.9 Å². The minimum atomic E-state index is -3.57. The highest BCUT2D eigenvalue weighted by Crippen LogP contribution is 2.29. The van der Waals surface area contributed by atoms with Crippen LogP contribution in [0.2, 0.25) is 0 Å². The number of piperidine rings is 1. The molecular formula is C18H28ClN3O3S. The lowest BCUT2D eigenvalue weighted by molar-refractivity contribution is 0.0533. The maximum absolute atomic E-state index is 12.8. The largest absolute Gasteiger partial charge is 0.338 e. The van der Waals surface area contributed by atoms with Gasteiger partial charge in [-0.3, -0.25) is 4.79 Å². The van der Waals surface area contributed by atoms with Gasteiger partial charge >= 0.3 is 0 Å². The highest BCUT2D eigenvalue weighted by molar-refractivity contribution is 7.89. The fraction of sp³-hybridized carbons (Fsp3) is 0.611. The number of likely N-dealkylation sites (tertiary alicyclic amines) is 1. The molecule has 0 bridgehead atoms. The van der Waals surface area contributed by atoms with Gasteiger partial charge in [0.25, 0.3) is 5.91 Å². The zero-order valence-electron chi connectivity index (χ0n) is 15.3. The lowest BCUT2D eigenvalue weighted by Gasteiger charge is -2.42. The molecule has 1 unspecified atom stereocenters. The third kappa shape index (κ3) is 4.76. The Balaban J connectivity index is 0.00000243. The first-order valence-corrected chi connectivity index (χ1v) is 10.3. The second-order valence-corrected chi connectivity index (χ2v) is 9.70. The van der Waals surface area contributed by atoms with Crippen LogP contribution in [0, 0.1) is 11.3 Å². The number of carbonyl (C=O) groups is 1. The van der Waals surface area contributed by atoms with Gasteiger partial charge in [-0.25, -0.2) is 13.1 Å². The van der Waals surface area contributed by atoms with Gasteiger partial charge in [0.1, 0.15) is 0 Å². The molecule has 0 spiro atoms. The summed E-state index contributed by atoms with van der Waals surface area (Å²) < 4.78 is 27.5. The van der Waals surface area contributed by atoms with Crippen LogP contribution in [0.1, 0.15) is 43.5 Å². The fourth-order valence-corrected chi connectivity index (χ4v) is 4.32. The molecule has 146 valence electrons. The van der Waals surface area contributed by atoms with Gasteiger partial charge in [-0.2, -0.15) is 0 Å². The Kier molecular flexibility index (Phi) is 6.38. The smallest absolute Gasteiger partial charge is 0.253 e. The molecule has 2 fully saturated rings. The average Bonchev–Trinajstić information content (AvgIpc) is 3.39. The number of nitrogens with one attached hydrogen (secondary N) is 1. The number of nitrogens with zero attached hydrogens (tertiary/aromatic N) is 1. The highest BCUT2D eigenvalue weighted by atomic mass is 35.5. The average molecular weight is 402 g/mol. The molecule has 0 radical (unpaired) electrons. The van der Waals surface area contributed by atoms with Gasteiger partial charge in [-0.15, -0.1) is 12.4 Å². The number of nitrogens with two attached hydrogens (primary N) is 1. The second-order valence-electron chi connectivity index (χ2n) is 7.93. The van der Waals surface area contributed by atoms with E-state index in [1.807, 2.05) is 0 Å². The summed E-state index contributed by atoms with van der Waals surface area (Å²) in [4.78, 5) is 14.7. The van der Waals surface area contributed by atoms with E-state index in [1.54, 1.807) is 17.0 Å². The van der Waals surface area contributed by atoms with Crippen LogP contribution in [0.25, 0.3) is 0 Å². The van der Waals surface area contributed by atoms with Crippen LogP contribution in [-0.4, -0.2) is 44.9 Å². The first-order chi connectivity index (χ1) is 11.7. The van der Waals surface area contributed by atoms with E-state index in [-0.39, 0.29) is 34.7 Å². The summed E-state index contributed by atoms with van der Waals surface area (Å²) in [6, 6.07) is 6.36. The lowest BCUT2D eigenvalue weighted by Crippen LogP contribution is -2.54. The van der Waals surface area contributed by atoms with E-state index in [0.717, 1.165) is 19.3 Å². The predicted octanol–water partition coefficient (Wildman–Crippen LogP) is 2.00. The molecule has 1 aliphatic carbocycles. The molecule has 1 aromatic carbocycles. The fourth-order valence-electron chi connectivity index (χ4n) is 3.16. The first kappa shape index (κ1) is 21.2. The molecule has 6 nitrogen and oxygen atoms in total. The molecule has 1 saturated heterocycles. The predicted molar refractivity (Wildman–Crippen MR) is 104 cm³/mol. The van der Waals surface area contributed by atoms with Crippen molar-refractivity contribution in [2.24, 2.45) is 17.1 Å². The first-order valence-electron chi connectivity index (χ1n) is 8.84. The molecular weight excluding hydrogens is 374 g/mol. The Bertz CT molecular complexity index is 763. The van der Waals surface area contributed by atoms with Crippen molar-refractivity contribution >= 4 is 28.3 Å². The zero-order chi connectivity index (χ0) is 18.2. The molecule has 0 aromatic heterocycles. The van der Waals surface area contributed by atoms with Crippen LogP contribution in [0.5, 0.6) is 0 Å². The quantitative estimate of drug-likeness (QED) is 0.789. The van der Waals surface area contributed by atoms with E-state index in [2.05, 4.69) is 18.6 Å². The van der Waals surface area contributed by atoms with Crippen LogP contribution in [-0.2, 0) is 10.0 Å². The molecule has 3 N–H and O–H groups in total. The molecule has 1 aliphatic heterocycles. The van der Waals surface area contributed by atoms with E-state index < -0.39 is 10.0 Å². The van der Waals surface area contributed by atoms with Crippen molar-refractivity contribution in [1.82, 2.24) is 9.62 Å². The lowest BCUT2D eigenvalue weighted by atomic mass is 9.79. The number of halogens is 1. The molecule has 8 heteroatoms. The Hall–Kier alpha value is -1.15. The van der Waals surface area contributed by atoms with E-state index in [0.29, 0.717) is 31.1 Å². The molecule has 2 aliphatic rings. The van der Waals surface area contributed by atoms with Crippen LogP contribution in [0.4, 0.5) is 0 Å². The maximum Gasteiger partial charge on any atom is 0.253 e. The maximum atomic E-state index is 12.8. The highest BCUT2D eigenvalue weighted by Gasteiger charge is 2.35. The van der Waals surface area contributed by atoms with Gasteiger partial charge in [0.15, 0.2) is 0 Å². The van der Waals surface area contributed by atoms with E-state index in [4.69, 9.17) is 5.73 Å². The molecule has 1 heterocycles. The second kappa shape index (κ2) is 7.84. The summed E-state index contributed by atoms with van der Waals surface area (Å²) in [5.41, 5.74) is 6.39. The van der Waals surface area contributed by atoms with Crippen LogP contribution in [0.3, 0.4) is 0 Å². The van der Waals surface area contributed by atoms with E-state index >= 15 is 0 Å². The van der Waals surface area contributed by atoms with E-state index in [9.17, 15) is 13.2 Å². The Morgan fingerprint density at radius 3 is 2.62 bits per heavy atom. The van der Waals surface area contributed by atoms with Gasteiger partial charge in [0.2, 0.25) is 10.0 Å². The Morgan fingerprint density at radius 1 is 1.31 bits per heavy atom. The van der Waals surface area contributed by atoms with Crippen LogP contribution in [0.15, 0.2) is 29.2 Å². The van der Waals surface area contributed by atoms with Crippen molar-refractivity contribution in [2.75, 3.05) is 19.6 Å². The van der Waals surface area contributed by atoms with Gasteiger partial charge in [0.05, 0.1) is 4.90 Å². The van der Waals surface area contributed by atoms with Crippen molar-refractivity contribution in [2.45, 2.75) is 44.0 Å². The van der Waals surface area contributed by atoms with Crippen LogP contribution < -0.4 is 10.5 Å². The number of sulfonamides is 1. The van der Waals surface area contributed by atoms with Gasteiger partial charge in [-0.05, 0) is 48.8 Å². The Labute approximate surface area is 162 Å². The summed E-state index contributed by atoms with van der Waals surface area (Å²) in [5, 5.41) is 0. The Morgan fingerprint density at radius 2 is 2.00 bits per heavy atom. The third-order valence-corrected chi connectivity index (χ3v) is 6.67. The number of benzene rings is 1. The zero-order valence-corrected chi connectivity index (χ0v) is 16.9. The van der Waals surface area contributed by atoms with Crippen molar-refractivity contribution in [3.05, 3.63) is 29.8 Å². The molecule has 3 rings (SSSR count). The number of amides is 1. The molecule has 1 atom stereocenters. The van der Waals surface area contributed by atoms with Gasteiger partial charge < -0.3 is 10.6 Å². The standard InChI is InChI=1S/C18H27N3O3S.ClH/c1-18(2)12-21(9-8-16(18)19)17(22)14-4-3-5-15(10-14)25(23,24)20-11-13-6-7-13;/h3-5,10,13,16,20H,6-9,11-12,19H2,1-2H3;1H. The topological polar surface area (TPSA) is 92.5 Å². The minimum absolute atomic E-state index is 0. The van der Waals surface area contributed by atoms with E-state index in [1.165, 1.54) is 12.1 Å². The molecule has 1 aromatic rings. The number of carbonyl (C=O) groups excluding carboxylic acids is 1. The number of hydrogen-bond acceptors (Lipinski definition) is 4. The summed E-state index contributed by atoms with van der Waals surface area (Å²) in [6.07, 6.45) is 2.90. The monoisotopic (exact) mass is 401 g/mol. The molecule has 26 heavy (non-hydrogen) atoms. The summed E-state index contributed by atoms with van der Waals surface area (Å²) in [5.74, 6) is 0.318. The number of rotatable bonds is 5.